The standard InChI is InChI=1S/C14H18O3/c1-9-8-10(13(16)17-5)6-7-11(9)12(15)14(2,3)4/h6-8H,1-5H3. The van der Waals surface area contributed by atoms with E-state index in [0.717, 1.165) is 5.56 Å². The number of carbonyl (C=O) groups is 2. The lowest BCUT2D eigenvalue weighted by molar-refractivity contribution is 0.0600. The number of esters is 1. The molecular formula is C14H18O3. The Labute approximate surface area is 102 Å². The molecule has 0 aromatic heterocycles. The van der Waals surface area contributed by atoms with E-state index in [-0.39, 0.29) is 11.8 Å². The van der Waals surface area contributed by atoms with E-state index in [9.17, 15) is 9.59 Å². The molecule has 0 heterocycles. The highest BCUT2D eigenvalue weighted by atomic mass is 16.5. The Balaban J connectivity index is 3.15. The van der Waals surface area contributed by atoms with Crippen molar-refractivity contribution in [3.05, 3.63) is 34.9 Å². The molecule has 0 aliphatic carbocycles. The Bertz CT molecular complexity index is 453. The molecule has 92 valence electrons. The molecule has 0 aliphatic rings. The first kappa shape index (κ1) is 13.4. The van der Waals surface area contributed by atoms with Crippen LogP contribution in [0, 0.1) is 12.3 Å². The molecule has 0 N–H and O–H groups in total. The van der Waals surface area contributed by atoms with Gasteiger partial charge in [0.1, 0.15) is 0 Å². The highest BCUT2D eigenvalue weighted by Crippen LogP contribution is 2.23. The summed E-state index contributed by atoms with van der Waals surface area (Å²) in [5, 5.41) is 0. The van der Waals surface area contributed by atoms with Crippen molar-refractivity contribution >= 4 is 11.8 Å². The van der Waals surface area contributed by atoms with Crippen LogP contribution in [0.25, 0.3) is 0 Å². The van der Waals surface area contributed by atoms with Crippen LogP contribution in [0.4, 0.5) is 0 Å². The molecule has 0 radical (unpaired) electrons. The monoisotopic (exact) mass is 234 g/mol. The number of benzene rings is 1. The van der Waals surface area contributed by atoms with E-state index in [1.807, 2.05) is 27.7 Å². The summed E-state index contributed by atoms with van der Waals surface area (Å²) in [5.74, 6) is -0.311. The first-order valence-electron chi connectivity index (χ1n) is 5.51. The second-order valence-corrected chi connectivity index (χ2v) is 5.10. The van der Waals surface area contributed by atoms with E-state index in [1.165, 1.54) is 7.11 Å². The predicted molar refractivity (Wildman–Crippen MR) is 66.3 cm³/mol. The van der Waals surface area contributed by atoms with Crippen molar-refractivity contribution in [2.45, 2.75) is 27.7 Å². The van der Waals surface area contributed by atoms with Gasteiger partial charge in [-0.1, -0.05) is 26.8 Å². The smallest absolute Gasteiger partial charge is 0.337 e. The summed E-state index contributed by atoms with van der Waals surface area (Å²) in [6.07, 6.45) is 0. The zero-order valence-electron chi connectivity index (χ0n) is 11.0. The fourth-order valence-electron chi connectivity index (χ4n) is 1.57. The summed E-state index contributed by atoms with van der Waals surface area (Å²) in [4.78, 5) is 23.5. The fraction of sp³-hybridized carbons (Fsp3) is 0.429. The molecule has 0 bridgehead atoms. The summed E-state index contributed by atoms with van der Waals surface area (Å²) < 4.78 is 4.64. The summed E-state index contributed by atoms with van der Waals surface area (Å²) in [6.45, 7) is 7.46. The number of ether oxygens (including phenoxy) is 1. The molecule has 0 spiro atoms. The van der Waals surface area contributed by atoms with Crippen molar-refractivity contribution in [3.63, 3.8) is 0 Å². The van der Waals surface area contributed by atoms with Crippen LogP contribution >= 0.6 is 0 Å². The molecular weight excluding hydrogens is 216 g/mol. The number of aryl methyl sites for hydroxylation is 1. The molecule has 0 fully saturated rings. The zero-order valence-corrected chi connectivity index (χ0v) is 11.0. The molecule has 3 heteroatoms. The average molecular weight is 234 g/mol. The van der Waals surface area contributed by atoms with E-state index in [0.29, 0.717) is 11.1 Å². The van der Waals surface area contributed by atoms with Gasteiger partial charge in [0.25, 0.3) is 0 Å². The minimum atomic E-state index is -0.419. The van der Waals surface area contributed by atoms with Gasteiger partial charge in [0.05, 0.1) is 12.7 Å². The number of methoxy groups -OCH3 is 1. The Morgan fingerprint density at radius 1 is 1.18 bits per heavy atom. The molecule has 0 aliphatic heterocycles. The molecule has 1 rings (SSSR count). The Hall–Kier alpha value is -1.64. The third-order valence-corrected chi connectivity index (χ3v) is 2.57. The first-order chi connectivity index (χ1) is 7.77. The van der Waals surface area contributed by atoms with E-state index in [4.69, 9.17) is 0 Å². The highest BCUT2D eigenvalue weighted by molar-refractivity contribution is 6.02. The van der Waals surface area contributed by atoms with Crippen molar-refractivity contribution in [2.24, 2.45) is 5.41 Å². The van der Waals surface area contributed by atoms with Crippen LogP contribution in [0.2, 0.25) is 0 Å². The Kier molecular flexibility index (Phi) is 3.71. The number of carbonyl (C=O) groups excluding carboxylic acids is 2. The number of ketones is 1. The van der Waals surface area contributed by atoms with Crippen LogP contribution < -0.4 is 0 Å². The van der Waals surface area contributed by atoms with Crippen LogP contribution in [0.15, 0.2) is 18.2 Å². The van der Waals surface area contributed by atoms with Crippen LogP contribution in [0.5, 0.6) is 0 Å². The lowest BCUT2D eigenvalue weighted by Gasteiger charge is -2.18. The van der Waals surface area contributed by atoms with Gasteiger partial charge in [-0.2, -0.15) is 0 Å². The van der Waals surface area contributed by atoms with E-state index in [2.05, 4.69) is 4.74 Å². The van der Waals surface area contributed by atoms with E-state index in [1.54, 1.807) is 18.2 Å². The maximum atomic E-state index is 12.1. The van der Waals surface area contributed by atoms with Gasteiger partial charge in [0, 0.05) is 11.0 Å². The van der Waals surface area contributed by atoms with E-state index >= 15 is 0 Å². The van der Waals surface area contributed by atoms with Crippen LogP contribution in [0.3, 0.4) is 0 Å². The first-order valence-corrected chi connectivity index (χ1v) is 5.51. The zero-order chi connectivity index (χ0) is 13.2. The van der Waals surface area contributed by atoms with Crippen LogP contribution in [-0.2, 0) is 4.74 Å². The summed E-state index contributed by atoms with van der Waals surface area (Å²) >= 11 is 0. The highest BCUT2D eigenvalue weighted by Gasteiger charge is 2.24. The number of rotatable bonds is 2. The van der Waals surface area contributed by atoms with Gasteiger partial charge in [-0.15, -0.1) is 0 Å². The molecule has 17 heavy (non-hydrogen) atoms. The van der Waals surface area contributed by atoms with Gasteiger partial charge < -0.3 is 4.74 Å². The summed E-state index contributed by atoms with van der Waals surface area (Å²) in [7, 11) is 1.34. The van der Waals surface area contributed by atoms with E-state index < -0.39 is 5.41 Å². The molecule has 3 nitrogen and oxygen atoms in total. The molecule has 0 saturated heterocycles. The van der Waals surface area contributed by atoms with Gasteiger partial charge in [-0.25, -0.2) is 4.79 Å². The number of hydrogen-bond acceptors (Lipinski definition) is 3. The molecule has 0 atom stereocenters. The number of Topliss-reactive ketones (excluding diaryl/α,β-unsaturated/α-hetero) is 1. The van der Waals surface area contributed by atoms with Crippen LogP contribution in [-0.4, -0.2) is 18.9 Å². The molecule has 1 aromatic carbocycles. The quantitative estimate of drug-likeness (QED) is 0.583. The molecule has 0 unspecified atom stereocenters. The summed E-state index contributed by atoms with van der Waals surface area (Å²) in [6, 6.07) is 5.00. The van der Waals surface area contributed by atoms with Crippen molar-refractivity contribution in [2.75, 3.05) is 7.11 Å². The summed E-state index contributed by atoms with van der Waals surface area (Å²) in [5.41, 5.74) is 1.51. The largest absolute Gasteiger partial charge is 0.465 e. The van der Waals surface area contributed by atoms with Gasteiger partial charge in [0.2, 0.25) is 0 Å². The minimum absolute atomic E-state index is 0.0754. The minimum Gasteiger partial charge on any atom is -0.465 e. The topological polar surface area (TPSA) is 43.4 Å². The van der Waals surface area contributed by atoms with Gasteiger partial charge in [-0.3, -0.25) is 4.79 Å². The third kappa shape index (κ3) is 2.93. The Morgan fingerprint density at radius 2 is 1.76 bits per heavy atom. The van der Waals surface area contributed by atoms with Crippen molar-refractivity contribution in [1.29, 1.82) is 0 Å². The lowest BCUT2D eigenvalue weighted by atomic mass is 9.84. The molecule has 1 aromatic rings. The average Bonchev–Trinajstić information content (AvgIpc) is 2.25. The van der Waals surface area contributed by atoms with Crippen molar-refractivity contribution in [3.8, 4) is 0 Å². The fourth-order valence-corrected chi connectivity index (χ4v) is 1.57. The SMILES string of the molecule is COC(=O)c1ccc(C(=O)C(C)(C)C)c(C)c1. The molecule has 0 saturated carbocycles. The molecule has 0 amide bonds. The van der Waals surface area contributed by atoms with Crippen molar-refractivity contribution < 1.29 is 14.3 Å². The second kappa shape index (κ2) is 4.70. The predicted octanol–water partition coefficient (Wildman–Crippen LogP) is 3.01. The third-order valence-electron chi connectivity index (χ3n) is 2.57. The number of hydrogen-bond donors (Lipinski definition) is 0. The maximum absolute atomic E-state index is 12.1. The normalized spacial score (nSPS) is 11.1. The van der Waals surface area contributed by atoms with Crippen LogP contribution in [0.1, 0.15) is 47.1 Å². The second-order valence-electron chi connectivity index (χ2n) is 5.10. The maximum Gasteiger partial charge on any atom is 0.337 e. The van der Waals surface area contributed by atoms with Gasteiger partial charge in [0.15, 0.2) is 5.78 Å². The van der Waals surface area contributed by atoms with Crippen molar-refractivity contribution in [1.82, 2.24) is 0 Å². The van der Waals surface area contributed by atoms with Gasteiger partial charge >= 0.3 is 5.97 Å². The Morgan fingerprint density at radius 3 is 2.18 bits per heavy atom. The lowest BCUT2D eigenvalue weighted by Crippen LogP contribution is -2.21. The van der Waals surface area contributed by atoms with Gasteiger partial charge in [-0.05, 0) is 24.6 Å².